The fourth-order valence-electron chi connectivity index (χ4n) is 1.83. The molecule has 0 aromatic heterocycles. The summed E-state index contributed by atoms with van der Waals surface area (Å²) in [5.74, 6) is -0.715. The van der Waals surface area contributed by atoms with Gasteiger partial charge in [0.15, 0.2) is 12.4 Å². The zero-order chi connectivity index (χ0) is 19.1. The molecule has 2 aromatic carbocycles. The molecule has 2 aromatic rings. The van der Waals surface area contributed by atoms with E-state index in [4.69, 9.17) is 16.3 Å². The van der Waals surface area contributed by atoms with Crippen molar-refractivity contribution in [3.8, 4) is 5.75 Å². The maximum absolute atomic E-state index is 11.7. The molecule has 0 spiro atoms. The van der Waals surface area contributed by atoms with Crippen LogP contribution in [0.4, 0.5) is 11.4 Å². The van der Waals surface area contributed by atoms with E-state index in [1.54, 1.807) is 0 Å². The average molecular weight is 379 g/mol. The minimum absolute atomic E-state index is 0.0194. The highest BCUT2D eigenvalue weighted by molar-refractivity contribution is 6.32. The monoisotopic (exact) mass is 378 g/mol. The third-order valence-corrected chi connectivity index (χ3v) is 3.31. The molecule has 0 aliphatic carbocycles. The Kier molecular flexibility index (Phi) is 6.17. The summed E-state index contributed by atoms with van der Waals surface area (Å²) in [6, 6.07) is 9.63. The van der Waals surface area contributed by atoms with Crippen molar-refractivity contribution in [1.29, 1.82) is 0 Å². The smallest absolute Gasteiger partial charge is 0.310 e. The first-order valence-corrected chi connectivity index (χ1v) is 7.38. The molecule has 11 heteroatoms. The van der Waals surface area contributed by atoms with Gasteiger partial charge < -0.3 is 4.74 Å². The van der Waals surface area contributed by atoms with Crippen molar-refractivity contribution < 1.29 is 19.4 Å². The van der Waals surface area contributed by atoms with E-state index in [2.05, 4.69) is 10.5 Å². The van der Waals surface area contributed by atoms with Crippen LogP contribution < -0.4 is 10.2 Å². The first-order valence-electron chi connectivity index (χ1n) is 7.00. The minimum Gasteiger partial charge on any atom is -0.477 e. The second-order valence-corrected chi connectivity index (χ2v) is 5.18. The molecule has 26 heavy (non-hydrogen) atoms. The molecule has 0 unspecified atom stereocenters. The van der Waals surface area contributed by atoms with Crippen molar-refractivity contribution in [3.63, 3.8) is 0 Å². The van der Waals surface area contributed by atoms with Gasteiger partial charge in [0.05, 0.1) is 16.1 Å². The number of hydrogen-bond acceptors (Lipinski definition) is 7. The van der Waals surface area contributed by atoms with Gasteiger partial charge in [-0.1, -0.05) is 29.8 Å². The Balaban J connectivity index is 1.93. The van der Waals surface area contributed by atoms with E-state index in [0.29, 0.717) is 5.56 Å². The molecular formula is C15H11ClN4O6. The Morgan fingerprint density at radius 3 is 2.54 bits per heavy atom. The molecule has 2 rings (SSSR count). The molecule has 0 heterocycles. The van der Waals surface area contributed by atoms with Gasteiger partial charge in [0.1, 0.15) is 5.02 Å². The van der Waals surface area contributed by atoms with Crippen LogP contribution in [0.15, 0.2) is 47.6 Å². The van der Waals surface area contributed by atoms with Crippen LogP contribution in [0.1, 0.15) is 5.56 Å². The fourth-order valence-corrected chi connectivity index (χ4v) is 2.02. The number of rotatable bonds is 7. The van der Waals surface area contributed by atoms with Crippen LogP contribution in [0.2, 0.25) is 5.02 Å². The number of nitro groups is 2. The standard InChI is InChI=1S/C15H11ClN4O6/c16-11-6-5-10(7-13(11)20(24)25)8-17-18-15(21)9-26-14-4-2-1-3-12(14)19(22)23/h1-8H,9H2,(H,18,21)/b17-8-. The van der Waals surface area contributed by atoms with Crippen LogP contribution >= 0.6 is 11.6 Å². The lowest BCUT2D eigenvalue weighted by atomic mass is 10.2. The van der Waals surface area contributed by atoms with Crippen molar-refractivity contribution in [2.75, 3.05) is 6.61 Å². The molecule has 0 saturated heterocycles. The predicted molar refractivity (Wildman–Crippen MR) is 92.4 cm³/mol. The van der Waals surface area contributed by atoms with Crippen LogP contribution in [-0.2, 0) is 4.79 Å². The number of nitrogens with one attached hydrogen (secondary N) is 1. The number of ether oxygens (including phenoxy) is 1. The summed E-state index contributed by atoms with van der Waals surface area (Å²) in [4.78, 5) is 32.0. The van der Waals surface area contributed by atoms with Crippen molar-refractivity contribution in [1.82, 2.24) is 5.43 Å². The molecule has 0 saturated carbocycles. The molecule has 0 atom stereocenters. The second-order valence-electron chi connectivity index (χ2n) is 4.77. The lowest BCUT2D eigenvalue weighted by Gasteiger charge is -2.05. The molecule has 0 aliphatic heterocycles. The van der Waals surface area contributed by atoms with Crippen molar-refractivity contribution in [3.05, 3.63) is 73.3 Å². The number of carbonyl (C=O) groups excluding carboxylic acids is 1. The Morgan fingerprint density at radius 1 is 1.15 bits per heavy atom. The summed E-state index contributed by atoms with van der Waals surface area (Å²) in [6.45, 7) is -0.497. The maximum Gasteiger partial charge on any atom is 0.310 e. The summed E-state index contributed by atoms with van der Waals surface area (Å²) in [5, 5.41) is 25.3. The Bertz CT molecular complexity index is 886. The van der Waals surface area contributed by atoms with Gasteiger partial charge in [-0.3, -0.25) is 25.0 Å². The van der Waals surface area contributed by atoms with Crippen molar-refractivity contribution in [2.45, 2.75) is 0 Å². The highest BCUT2D eigenvalue weighted by Crippen LogP contribution is 2.26. The molecule has 1 N–H and O–H groups in total. The number of amides is 1. The third kappa shape index (κ3) is 4.98. The molecule has 0 bridgehead atoms. The number of halogens is 1. The first kappa shape index (κ1) is 18.8. The van der Waals surface area contributed by atoms with E-state index in [1.165, 1.54) is 48.7 Å². The summed E-state index contributed by atoms with van der Waals surface area (Å²) in [7, 11) is 0. The Morgan fingerprint density at radius 2 is 1.85 bits per heavy atom. The summed E-state index contributed by atoms with van der Waals surface area (Å²) >= 11 is 5.69. The largest absolute Gasteiger partial charge is 0.477 e. The number of hydrogen-bond donors (Lipinski definition) is 1. The Hall–Kier alpha value is -3.53. The summed E-state index contributed by atoms with van der Waals surface area (Å²) < 4.78 is 5.09. The van der Waals surface area contributed by atoms with E-state index >= 15 is 0 Å². The van der Waals surface area contributed by atoms with Crippen LogP contribution in [0.5, 0.6) is 5.75 Å². The highest BCUT2D eigenvalue weighted by atomic mass is 35.5. The van der Waals surface area contributed by atoms with Crippen LogP contribution in [0.3, 0.4) is 0 Å². The topological polar surface area (TPSA) is 137 Å². The second kappa shape index (κ2) is 8.53. The minimum atomic E-state index is -0.664. The summed E-state index contributed by atoms with van der Waals surface area (Å²) in [5.41, 5.74) is 1.94. The normalized spacial score (nSPS) is 10.5. The molecule has 0 aliphatic rings. The van der Waals surface area contributed by atoms with Gasteiger partial charge >= 0.3 is 5.69 Å². The number of nitrogens with zero attached hydrogens (tertiary/aromatic N) is 3. The van der Waals surface area contributed by atoms with E-state index < -0.39 is 22.4 Å². The zero-order valence-electron chi connectivity index (χ0n) is 13.0. The SMILES string of the molecule is O=C(COc1ccccc1[N+](=O)[O-])N/N=C\c1ccc(Cl)c([N+](=O)[O-])c1. The average Bonchev–Trinajstić information content (AvgIpc) is 2.61. The highest BCUT2D eigenvalue weighted by Gasteiger charge is 2.15. The van der Waals surface area contributed by atoms with Gasteiger partial charge in [0, 0.05) is 17.7 Å². The molecule has 0 radical (unpaired) electrons. The molecule has 10 nitrogen and oxygen atoms in total. The number of para-hydroxylation sites is 2. The lowest BCUT2D eigenvalue weighted by Crippen LogP contribution is -2.24. The van der Waals surface area contributed by atoms with Crippen LogP contribution in [0, 0.1) is 20.2 Å². The van der Waals surface area contributed by atoms with Gasteiger partial charge in [0.25, 0.3) is 11.6 Å². The van der Waals surface area contributed by atoms with Crippen molar-refractivity contribution >= 4 is 35.1 Å². The lowest BCUT2D eigenvalue weighted by molar-refractivity contribution is -0.385. The predicted octanol–water partition coefficient (Wildman–Crippen LogP) is 2.69. The summed E-state index contributed by atoms with van der Waals surface area (Å²) in [6.07, 6.45) is 1.19. The van der Waals surface area contributed by atoms with Crippen LogP contribution in [0.25, 0.3) is 0 Å². The number of nitro benzene ring substituents is 2. The molecule has 134 valence electrons. The van der Waals surface area contributed by atoms with Crippen LogP contribution in [-0.4, -0.2) is 28.6 Å². The van der Waals surface area contributed by atoms with E-state index in [0.717, 1.165) is 0 Å². The Labute approximate surface area is 151 Å². The molecular weight excluding hydrogens is 368 g/mol. The third-order valence-electron chi connectivity index (χ3n) is 2.99. The van der Waals surface area contributed by atoms with Gasteiger partial charge in [0.2, 0.25) is 0 Å². The van der Waals surface area contributed by atoms with Gasteiger partial charge in [-0.05, 0) is 12.1 Å². The van der Waals surface area contributed by atoms with Gasteiger partial charge in [-0.2, -0.15) is 5.10 Å². The maximum atomic E-state index is 11.7. The molecule has 1 amide bonds. The van der Waals surface area contributed by atoms with E-state index in [9.17, 15) is 25.0 Å². The number of hydrazone groups is 1. The first-order chi connectivity index (χ1) is 12.4. The quantitative estimate of drug-likeness (QED) is 0.446. The van der Waals surface area contributed by atoms with Gasteiger partial charge in [-0.25, -0.2) is 5.43 Å². The van der Waals surface area contributed by atoms with E-state index in [1.807, 2.05) is 0 Å². The zero-order valence-corrected chi connectivity index (χ0v) is 13.8. The van der Waals surface area contributed by atoms with Crippen molar-refractivity contribution in [2.24, 2.45) is 5.10 Å². The van der Waals surface area contributed by atoms with Gasteiger partial charge in [-0.15, -0.1) is 0 Å². The van der Waals surface area contributed by atoms with E-state index in [-0.39, 0.29) is 22.1 Å². The number of benzene rings is 2. The molecule has 0 fully saturated rings. The number of carbonyl (C=O) groups is 1. The fraction of sp³-hybridized carbons (Fsp3) is 0.0667.